The van der Waals surface area contributed by atoms with Gasteiger partial charge in [-0.1, -0.05) is 12.1 Å². The van der Waals surface area contributed by atoms with Crippen molar-refractivity contribution in [2.45, 2.75) is 64.8 Å². The van der Waals surface area contributed by atoms with E-state index in [1.165, 1.54) is 14.0 Å². The lowest BCUT2D eigenvalue weighted by Gasteiger charge is -2.44. The van der Waals surface area contributed by atoms with Crippen molar-refractivity contribution in [2.75, 3.05) is 7.11 Å². The van der Waals surface area contributed by atoms with Crippen LogP contribution in [0, 0.1) is 11.8 Å². The zero-order valence-electron chi connectivity index (χ0n) is 17.8. The number of carbonyl (C=O) groups excluding carboxylic acids is 3. The standard InChI is InChI=1S/C22H30O7/c1-12(2)28-20(24)18-16(23)11-22(5,26)19(21(25)29-13(3)4)17(18)14-8-7-9-15(10-14)27-6/h7-10,12-13,17-19,26H,11H2,1-6H3/t17-,18-,19+,22-/m1/s1. The Bertz CT molecular complexity index is 758. The molecule has 7 nitrogen and oxygen atoms in total. The van der Waals surface area contributed by atoms with E-state index in [2.05, 4.69) is 0 Å². The lowest BCUT2D eigenvalue weighted by molar-refractivity contribution is -0.176. The van der Waals surface area contributed by atoms with Gasteiger partial charge in [0.25, 0.3) is 0 Å². The summed E-state index contributed by atoms with van der Waals surface area (Å²) in [5, 5.41) is 11.0. The first kappa shape index (κ1) is 22.9. The molecule has 0 radical (unpaired) electrons. The second-order valence-electron chi connectivity index (χ2n) is 8.23. The van der Waals surface area contributed by atoms with Gasteiger partial charge in [-0.3, -0.25) is 14.4 Å². The number of ketones is 1. The third-order valence-electron chi connectivity index (χ3n) is 4.96. The van der Waals surface area contributed by atoms with E-state index < -0.39 is 53.3 Å². The minimum Gasteiger partial charge on any atom is -0.497 e. The van der Waals surface area contributed by atoms with Gasteiger partial charge in [0.2, 0.25) is 0 Å². The van der Waals surface area contributed by atoms with Gasteiger partial charge in [-0.05, 0) is 52.3 Å². The molecule has 1 aromatic carbocycles. The smallest absolute Gasteiger partial charge is 0.317 e. The van der Waals surface area contributed by atoms with Crippen LogP contribution in [0.25, 0.3) is 0 Å². The van der Waals surface area contributed by atoms with Crippen LogP contribution in [-0.2, 0) is 23.9 Å². The van der Waals surface area contributed by atoms with E-state index in [9.17, 15) is 19.5 Å². The molecule has 1 aliphatic carbocycles. The number of hydrogen-bond acceptors (Lipinski definition) is 7. The highest BCUT2D eigenvalue weighted by Gasteiger charge is 2.57. The topological polar surface area (TPSA) is 99.1 Å². The maximum Gasteiger partial charge on any atom is 0.317 e. The summed E-state index contributed by atoms with van der Waals surface area (Å²) in [7, 11) is 1.50. The second kappa shape index (κ2) is 8.95. The predicted octanol–water partition coefficient (Wildman–Crippen LogP) is 2.64. The van der Waals surface area contributed by atoms with Crippen molar-refractivity contribution >= 4 is 17.7 Å². The summed E-state index contributed by atoms with van der Waals surface area (Å²) in [5.74, 6) is -4.63. The van der Waals surface area contributed by atoms with Gasteiger partial charge < -0.3 is 19.3 Å². The largest absolute Gasteiger partial charge is 0.497 e. The fraction of sp³-hybridized carbons (Fsp3) is 0.591. The van der Waals surface area contributed by atoms with Crippen LogP contribution in [0.3, 0.4) is 0 Å². The Morgan fingerprint density at radius 1 is 1.10 bits per heavy atom. The van der Waals surface area contributed by atoms with Gasteiger partial charge in [-0.15, -0.1) is 0 Å². The minimum absolute atomic E-state index is 0.344. The third-order valence-corrected chi connectivity index (χ3v) is 4.96. The molecule has 0 saturated heterocycles. The number of aliphatic hydroxyl groups is 1. The molecule has 0 spiro atoms. The van der Waals surface area contributed by atoms with E-state index in [0.29, 0.717) is 11.3 Å². The Morgan fingerprint density at radius 3 is 2.24 bits per heavy atom. The second-order valence-corrected chi connectivity index (χ2v) is 8.23. The molecule has 1 N–H and O–H groups in total. The van der Waals surface area contributed by atoms with Crippen molar-refractivity contribution in [3.05, 3.63) is 29.8 Å². The van der Waals surface area contributed by atoms with Crippen molar-refractivity contribution < 1.29 is 33.7 Å². The lowest BCUT2D eigenvalue weighted by atomic mass is 9.61. The van der Waals surface area contributed by atoms with Crippen LogP contribution in [-0.4, -0.2) is 47.7 Å². The summed E-state index contributed by atoms with van der Waals surface area (Å²) in [6, 6.07) is 6.78. The lowest BCUT2D eigenvalue weighted by Crippen LogP contribution is -2.55. The van der Waals surface area contributed by atoms with Crippen LogP contribution in [0.5, 0.6) is 5.75 Å². The quantitative estimate of drug-likeness (QED) is 0.573. The van der Waals surface area contributed by atoms with Crippen LogP contribution >= 0.6 is 0 Å². The summed E-state index contributed by atoms with van der Waals surface area (Å²) in [6.07, 6.45) is -1.18. The first-order chi connectivity index (χ1) is 13.5. The van der Waals surface area contributed by atoms with E-state index in [0.717, 1.165) is 0 Å². The first-order valence-electron chi connectivity index (χ1n) is 9.78. The Balaban J connectivity index is 2.63. The summed E-state index contributed by atoms with van der Waals surface area (Å²) < 4.78 is 16.0. The normalized spacial score (nSPS) is 27.1. The molecule has 0 aromatic heterocycles. The van der Waals surface area contributed by atoms with E-state index in [1.807, 2.05) is 0 Å². The Labute approximate surface area is 171 Å². The molecule has 1 aromatic rings. The summed E-state index contributed by atoms with van der Waals surface area (Å²) in [4.78, 5) is 38.8. The summed E-state index contributed by atoms with van der Waals surface area (Å²) in [6.45, 7) is 8.20. The number of benzene rings is 1. The van der Waals surface area contributed by atoms with Gasteiger partial charge >= 0.3 is 11.9 Å². The fourth-order valence-corrected chi connectivity index (χ4v) is 3.88. The third kappa shape index (κ3) is 5.15. The highest BCUT2D eigenvalue weighted by molar-refractivity contribution is 6.02. The highest BCUT2D eigenvalue weighted by Crippen LogP contribution is 2.47. The molecular formula is C22H30O7. The van der Waals surface area contributed by atoms with Gasteiger partial charge in [0.15, 0.2) is 5.78 Å². The molecule has 0 unspecified atom stereocenters. The Hall–Kier alpha value is -2.41. The molecule has 1 saturated carbocycles. The summed E-state index contributed by atoms with van der Waals surface area (Å²) in [5.41, 5.74) is -1.15. The molecule has 0 amide bonds. The van der Waals surface area contributed by atoms with Crippen molar-refractivity contribution in [3.8, 4) is 5.75 Å². The van der Waals surface area contributed by atoms with Crippen LogP contribution in [0.15, 0.2) is 24.3 Å². The van der Waals surface area contributed by atoms with Gasteiger partial charge in [0.05, 0.1) is 30.8 Å². The number of ether oxygens (including phenoxy) is 3. The number of Topliss-reactive ketones (excluding diaryl/α,β-unsaturated/α-hetero) is 1. The van der Waals surface area contributed by atoms with Crippen molar-refractivity contribution in [3.63, 3.8) is 0 Å². The Kier molecular flexibility index (Phi) is 7.06. The van der Waals surface area contributed by atoms with Crippen molar-refractivity contribution in [1.29, 1.82) is 0 Å². The average molecular weight is 406 g/mol. The first-order valence-corrected chi connectivity index (χ1v) is 9.78. The van der Waals surface area contributed by atoms with Crippen molar-refractivity contribution in [1.82, 2.24) is 0 Å². The van der Waals surface area contributed by atoms with Gasteiger partial charge in [0, 0.05) is 12.3 Å². The SMILES string of the molecule is COc1cccc([C@@H]2[C@H](C(=O)OC(C)C)C(=O)C[C@@](C)(O)[C@@H]2C(=O)OC(C)C)c1. The summed E-state index contributed by atoms with van der Waals surface area (Å²) >= 11 is 0. The zero-order chi connectivity index (χ0) is 21.9. The molecule has 1 fully saturated rings. The minimum atomic E-state index is -1.68. The maximum absolute atomic E-state index is 13.0. The fourth-order valence-electron chi connectivity index (χ4n) is 3.88. The molecule has 2 rings (SSSR count). The molecule has 1 aliphatic rings. The predicted molar refractivity (Wildman–Crippen MR) is 105 cm³/mol. The Morgan fingerprint density at radius 2 is 1.69 bits per heavy atom. The molecule has 0 bridgehead atoms. The van der Waals surface area contributed by atoms with Gasteiger partial charge in [-0.2, -0.15) is 0 Å². The molecule has 7 heteroatoms. The van der Waals surface area contributed by atoms with Crippen LogP contribution in [0.1, 0.15) is 52.5 Å². The van der Waals surface area contributed by atoms with Gasteiger partial charge in [0.1, 0.15) is 11.7 Å². The number of rotatable bonds is 6. The van der Waals surface area contributed by atoms with Crippen LogP contribution in [0.4, 0.5) is 0 Å². The number of hydrogen-bond donors (Lipinski definition) is 1. The van der Waals surface area contributed by atoms with Crippen LogP contribution < -0.4 is 4.74 Å². The van der Waals surface area contributed by atoms with E-state index in [-0.39, 0.29) is 6.42 Å². The zero-order valence-corrected chi connectivity index (χ0v) is 17.8. The molecule has 29 heavy (non-hydrogen) atoms. The highest BCUT2D eigenvalue weighted by atomic mass is 16.5. The number of esters is 2. The molecule has 160 valence electrons. The van der Waals surface area contributed by atoms with E-state index in [1.54, 1.807) is 52.0 Å². The van der Waals surface area contributed by atoms with Crippen molar-refractivity contribution in [2.24, 2.45) is 11.8 Å². The van der Waals surface area contributed by atoms with Gasteiger partial charge in [-0.25, -0.2) is 0 Å². The monoisotopic (exact) mass is 406 g/mol. The molecule has 0 heterocycles. The molecule has 0 aliphatic heterocycles. The van der Waals surface area contributed by atoms with Crippen LogP contribution in [0.2, 0.25) is 0 Å². The maximum atomic E-state index is 13.0. The molecule has 4 atom stereocenters. The molecular weight excluding hydrogens is 376 g/mol. The van der Waals surface area contributed by atoms with E-state index in [4.69, 9.17) is 14.2 Å². The number of carbonyl (C=O) groups is 3. The van der Waals surface area contributed by atoms with E-state index >= 15 is 0 Å². The number of methoxy groups -OCH3 is 1. The average Bonchev–Trinajstić information content (AvgIpc) is 2.58.